The lowest BCUT2D eigenvalue weighted by Gasteiger charge is -2.23. The molecule has 0 aromatic carbocycles. The Morgan fingerprint density at radius 3 is 2.64 bits per heavy atom. The Morgan fingerprint density at radius 1 is 1.32 bits per heavy atom. The summed E-state index contributed by atoms with van der Waals surface area (Å²) in [6.07, 6.45) is 2.49. The third-order valence-electron chi connectivity index (χ3n) is 4.58. The molecule has 0 spiro atoms. The number of aryl methyl sites for hydroxylation is 1. The van der Waals surface area contributed by atoms with Crippen LogP contribution in [-0.2, 0) is 16.3 Å². The lowest BCUT2D eigenvalue weighted by atomic mass is 9.93. The van der Waals surface area contributed by atoms with Crippen molar-refractivity contribution in [1.29, 1.82) is 0 Å². The quantitative estimate of drug-likeness (QED) is 0.853. The van der Waals surface area contributed by atoms with Gasteiger partial charge in [-0.25, -0.2) is 8.42 Å². The molecule has 120 valence electrons. The first-order chi connectivity index (χ1) is 10.2. The van der Waals surface area contributed by atoms with Gasteiger partial charge in [0.05, 0.1) is 17.0 Å². The van der Waals surface area contributed by atoms with E-state index in [2.05, 4.69) is 10.3 Å². The van der Waals surface area contributed by atoms with Crippen molar-refractivity contribution in [3.63, 3.8) is 0 Å². The Balaban J connectivity index is 1.86. The molecule has 1 amide bonds. The van der Waals surface area contributed by atoms with E-state index in [0.717, 1.165) is 18.5 Å². The maximum Gasteiger partial charge on any atom is 0.268 e. The van der Waals surface area contributed by atoms with Crippen LogP contribution in [0.25, 0.3) is 0 Å². The van der Waals surface area contributed by atoms with Crippen LogP contribution in [0.2, 0.25) is 0 Å². The number of hydrogen-bond donors (Lipinski definition) is 2. The summed E-state index contributed by atoms with van der Waals surface area (Å²) in [6, 6.07) is 0. The normalized spacial score (nSPS) is 26.7. The lowest BCUT2D eigenvalue weighted by Crippen LogP contribution is -2.47. The van der Waals surface area contributed by atoms with Gasteiger partial charge >= 0.3 is 0 Å². The standard InChI is InChI=1S/C15H20N2O4S/c1-9-12-10(4-3-5-11(12)18)16-13(9)14(19)17-15(2)6-7-22(20,21)8-15/h16H,3-8H2,1-2H3,(H,17,19)/t15-/m0/s1. The van der Waals surface area contributed by atoms with E-state index in [9.17, 15) is 18.0 Å². The Hall–Kier alpha value is -1.63. The number of aromatic nitrogens is 1. The van der Waals surface area contributed by atoms with Gasteiger partial charge in [-0.2, -0.15) is 0 Å². The van der Waals surface area contributed by atoms with Gasteiger partial charge in [-0.3, -0.25) is 9.59 Å². The van der Waals surface area contributed by atoms with Gasteiger partial charge in [0.25, 0.3) is 5.91 Å². The highest BCUT2D eigenvalue weighted by Gasteiger charge is 2.40. The van der Waals surface area contributed by atoms with E-state index in [-0.39, 0.29) is 23.2 Å². The highest BCUT2D eigenvalue weighted by molar-refractivity contribution is 7.91. The first-order valence-electron chi connectivity index (χ1n) is 7.48. The molecule has 2 aliphatic rings. The van der Waals surface area contributed by atoms with Gasteiger partial charge in [-0.1, -0.05) is 0 Å². The summed E-state index contributed by atoms with van der Waals surface area (Å²) in [7, 11) is -3.08. The van der Waals surface area contributed by atoms with Gasteiger partial charge in [0.1, 0.15) is 5.69 Å². The number of nitrogens with one attached hydrogen (secondary N) is 2. The molecule has 1 aromatic heterocycles. The summed E-state index contributed by atoms with van der Waals surface area (Å²) in [5.74, 6) is -0.199. The monoisotopic (exact) mass is 324 g/mol. The van der Waals surface area contributed by atoms with E-state index in [0.29, 0.717) is 29.7 Å². The summed E-state index contributed by atoms with van der Waals surface area (Å²) >= 11 is 0. The Kier molecular flexibility index (Phi) is 3.43. The van der Waals surface area contributed by atoms with Crippen molar-refractivity contribution in [2.75, 3.05) is 11.5 Å². The van der Waals surface area contributed by atoms with Crippen molar-refractivity contribution in [2.24, 2.45) is 0 Å². The molecule has 2 N–H and O–H groups in total. The van der Waals surface area contributed by atoms with Crippen molar-refractivity contribution < 1.29 is 18.0 Å². The zero-order valence-electron chi connectivity index (χ0n) is 12.8. The van der Waals surface area contributed by atoms with Crippen LogP contribution in [0, 0.1) is 6.92 Å². The molecule has 2 heterocycles. The summed E-state index contributed by atoms with van der Waals surface area (Å²) in [6.45, 7) is 3.51. The van der Waals surface area contributed by atoms with Crippen LogP contribution in [-0.4, -0.2) is 42.1 Å². The van der Waals surface area contributed by atoms with E-state index < -0.39 is 15.4 Å². The minimum absolute atomic E-state index is 0.0376. The molecule has 6 nitrogen and oxygen atoms in total. The number of ketones is 1. The first kappa shape index (κ1) is 15.3. The average molecular weight is 324 g/mol. The second-order valence-electron chi connectivity index (χ2n) is 6.61. The van der Waals surface area contributed by atoms with E-state index in [1.165, 1.54) is 0 Å². The number of carbonyl (C=O) groups excluding carboxylic acids is 2. The molecule has 1 atom stereocenters. The van der Waals surface area contributed by atoms with Gasteiger partial charge in [0.2, 0.25) is 0 Å². The van der Waals surface area contributed by atoms with Gasteiger partial charge in [0.15, 0.2) is 15.6 Å². The summed E-state index contributed by atoms with van der Waals surface area (Å²) in [5.41, 5.74) is 1.77. The fourth-order valence-electron chi connectivity index (χ4n) is 3.45. The number of fused-ring (bicyclic) bond motifs is 1. The fraction of sp³-hybridized carbons (Fsp3) is 0.600. The van der Waals surface area contributed by atoms with Crippen molar-refractivity contribution in [3.8, 4) is 0 Å². The predicted molar refractivity (Wildman–Crippen MR) is 81.9 cm³/mol. The summed E-state index contributed by atoms with van der Waals surface area (Å²) < 4.78 is 23.3. The Morgan fingerprint density at radius 2 is 2.05 bits per heavy atom. The van der Waals surface area contributed by atoms with Crippen LogP contribution in [0.5, 0.6) is 0 Å². The molecule has 3 rings (SSSR count). The molecule has 0 bridgehead atoms. The third kappa shape index (κ3) is 2.58. The maximum atomic E-state index is 12.5. The number of amides is 1. The fourth-order valence-corrected chi connectivity index (χ4v) is 5.54. The smallest absolute Gasteiger partial charge is 0.268 e. The molecule has 1 aromatic rings. The maximum absolute atomic E-state index is 12.5. The predicted octanol–water partition coefficient (Wildman–Crippen LogP) is 1.15. The van der Waals surface area contributed by atoms with Crippen molar-refractivity contribution in [2.45, 2.75) is 45.1 Å². The van der Waals surface area contributed by atoms with Crippen molar-refractivity contribution in [1.82, 2.24) is 10.3 Å². The number of rotatable bonds is 2. The highest BCUT2D eigenvalue weighted by atomic mass is 32.2. The summed E-state index contributed by atoms with van der Waals surface area (Å²) in [4.78, 5) is 27.6. The largest absolute Gasteiger partial charge is 0.354 e. The molecule has 1 saturated heterocycles. The second kappa shape index (κ2) is 4.94. The molecule has 0 radical (unpaired) electrons. The van der Waals surface area contributed by atoms with E-state index >= 15 is 0 Å². The topological polar surface area (TPSA) is 96.1 Å². The molecular weight excluding hydrogens is 304 g/mol. The van der Waals surface area contributed by atoms with Crippen molar-refractivity contribution >= 4 is 21.5 Å². The summed E-state index contributed by atoms with van der Waals surface area (Å²) in [5, 5.41) is 2.83. The zero-order valence-corrected chi connectivity index (χ0v) is 13.6. The first-order valence-corrected chi connectivity index (χ1v) is 9.30. The molecule has 1 aliphatic heterocycles. The zero-order chi connectivity index (χ0) is 16.1. The number of carbonyl (C=O) groups is 2. The third-order valence-corrected chi connectivity index (χ3v) is 6.49. The van der Waals surface area contributed by atoms with Crippen LogP contribution in [0.1, 0.15) is 58.3 Å². The number of H-pyrrole nitrogens is 1. The highest BCUT2D eigenvalue weighted by Crippen LogP contribution is 2.28. The van der Waals surface area contributed by atoms with Crippen LogP contribution in [0.3, 0.4) is 0 Å². The number of Topliss-reactive ketones (excluding diaryl/α,β-unsaturated/α-hetero) is 1. The van der Waals surface area contributed by atoms with Gasteiger partial charge in [-0.15, -0.1) is 0 Å². The number of hydrogen-bond acceptors (Lipinski definition) is 4. The van der Waals surface area contributed by atoms with Crippen molar-refractivity contribution in [3.05, 3.63) is 22.5 Å². The molecule has 1 aliphatic carbocycles. The van der Waals surface area contributed by atoms with E-state index in [1.54, 1.807) is 13.8 Å². The lowest BCUT2D eigenvalue weighted by molar-refractivity contribution is 0.0909. The van der Waals surface area contributed by atoms with Crippen LogP contribution in [0.15, 0.2) is 0 Å². The number of sulfone groups is 1. The van der Waals surface area contributed by atoms with Gasteiger partial charge in [0, 0.05) is 17.7 Å². The molecule has 0 saturated carbocycles. The second-order valence-corrected chi connectivity index (χ2v) is 8.80. The van der Waals surface area contributed by atoms with Gasteiger partial charge < -0.3 is 10.3 Å². The minimum Gasteiger partial charge on any atom is -0.354 e. The van der Waals surface area contributed by atoms with E-state index in [4.69, 9.17) is 0 Å². The number of aromatic amines is 1. The molecular formula is C15H20N2O4S. The molecule has 0 unspecified atom stereocenters. The average Bonchev–Trinajstić information content (AvgIpc) is 2.88. The van der Waals surface area contributed by atoms with Gasteiger partial charge in [-0.05, 0) is 38.7 Å². The Bertz CT molecular complexity index is 763. The van der Waals surface area contributed by atoms with Crippen LogP contribution in [0.4, 0.5) is 0 Å². The van der Waals surface area contributed by atoms with Crippen LogP contribution >= 0.6 is 0 Å². The van der Waals surface area contributed by atoms with Crippen LogP contribution < -0.4 is 5.32 Å². The SMILES string of the molecule is Cc1c(C(=O)N[C@@]2(C)CCS(=O)(=O)C2)[nH]c2c1C(=O)CCC2. The molecule has 7 heteroatoms. The minimum atomic E-state index is -3.08. The molecule has 1 fully saturated rings. The molecule has 22 heavy (non-hydrogen) atoms. The Labute approximate surface area is 129 Å². The van der Waals surface area contributed by atoms with E-state index in [1.807, 2.05) is 0 Å².